The van der Waals surface area contributed by atoms with Crippen molar-refractivity contribution in [1.82, 2.24) is 8.61 Å². The van der Waals surface area contributed by atoms with E-state index in [0.717, 1.165) is 43.9 Å². The number of piperidine rings is 1. The molecule has 0 saturated carbocycles. The fourth-order valence-electron chi connectivity index (χ4n) is 2.76. The van der Waals surface area contributed by atoms with Gasteiger partial charge >= 0.3 is 0 Å². The molecular weight excluding hydrogens is 304 g/mol. The fourth-order valence-corrected chi connectivity index (χ4v) is 5.25. The monoisotopic (exact) mass is 324 g/mol. The molecule has 0 aromatic carbocycles. The Morgan fingerprint density at radius 2 is 1.71 bits per heavy atom. The van der Waals surface area contributed by atoms with Crippen LogP contribution in [0, 0.1) is 0 Å². The standard InChI is InChI=1S/C11H21BrN2O2S/c12-7-6-11-5-1-2-10-14(11)17(15,16)13-8-3-4-9-13/h11H,1-10H2. The van der Waals surface area contributed by atoms with Crippen molar-refractivity contribution < 1.29 is 8.42 Å². The van der Waals surface area contributed by atoms with Crippen molar-refractivity contribution >= 4 is 26.1 Å². The first kappa shape index (κ1) is 13.8. The zero-order valence-electron chi connectivity index (χ0n) is 10.1. The summed E-state index contributed by atoms with van der Waals surface area (Å²) in [4.78, 5) is 0. The van der Waals surface area contributed by atoms with Crippen LogP contribution in [0.4, 0.5) is 0 Å². The van der Waals surface area contributed by atoms with Crippen molar-refractivity contribution in [3.05, 3.63) is 0 Å². The molecule has 2 rings (SSSR count). The summed E-state index contributed by atoms with van der Waals surface area (Å²) in [6.45, 7) is 2.12. The van der Waals surface area contributed by atoms with Gasteiger partial charge in [-0.15, -0.1) is 0 Å². The van der Waals surface area contributed by atoms with Gasteiger partial charge in [0.1, 0.15) is 0 Å². The number of hydrogen-bond acceptors (Lipinski definition) is 2. The molecule has 0 bridgehead atoms. The van der Waals surface area contributed by atoms with E-state index in [9.17, 15) is 8.42 Å². The Morgan fingerprint density at radius 3 is 2.35 bits per heavy atom. The molecule has 1 atom stereocenters. The van der Waals surface area contributed by atoms with Crippen LogP contribution in [-0.4, -0.2) is 48.0 Å². The number of nitrogens with zero attached hydrogens (tertiary/aromatic N) is 2. The highest BCUT2D eigenvalue weighted by Gasteiger charge is 2.36. The second-order valence-electron chi connectivity index (χ2n) is 4.85. The summed E-state index contributed by atoms with van der Waals surface area (Å²) in [5.74, 6) is 0. The van der Waals surface area contributed by atoms with Gasteiger partial charge in [0.15, 0.2) is 0 Å². The summed E-state index contributed by atoms with van der Waals surface area (Å²) in [6.07, 6.45) is 6.12. The molecule has 2 heterocycles. The summed E-state index contributed by atoms with van der Waals surface area (Å²) >= 11 is 3.43. The Morgan fingerprint density at radius 1 is 1.06 bits per heavy atom. The first-order chi connectivity index (χ1) is 8.16. The van der Waals surface area contributed by atoms with Crippen LogP contribution in [0.1, 0.15) is 38.5 Å². The van der Waals surface area contributed by atoms with Gasteiger partial charge in [-0.1, -0.05) is 22.4 Å². The molecule has 17 heavy (non-hydrogen) atoms. The average molecular weight is 325 g/mol. The highest BCUT2D eigenvalue weighted by molar-refractivity contribution is 9.09. The smallest absolute Gasteiger partial charge is 0.195 e. The van der Waals surface area contributed by atoms with Crippen molar-refractivity contribution in [2.45, 2.75) is 44.6 Å². The van der Waals surface area contributed by atoms with Gasteiger partial charge in [-0.2, -0.15) is 17.0 Å². The normalized spacial score (nSPS) is 28.6. The third-order valence-electron chi connectivity index (χ3n) is 3.70. The van der Waals surface area contributed by atoms with E-state index in [-0.39, 0.29) is 6.04 Å². The number of halogens is 1. The predicted molar refractivity (Wildman–Crippen MR) is 72.5 cm³/mol. The molecule has 0 aromatic heterocycles. The molecule has 100 valence electrons. The SMILES string of the molecule is O=S(=O)(N1CCCC1)N1CCCCC1CCBr. The zero-order valence-corrected chi connectivity index (χ0v) is 12.5. The highest BCUT2D eigenvalue weighted by Crippen LogP contribution is 2.26. The number of hydrogen-bond donors (Lipinski definition) is 0. The van der Waals surface area contributed by atoms with Crippen LogP contribution < -0.4 is 0 Å². The number of rotatable bonds is 4. The van der Waals surface area contributed by atoms with Gasteiger partial charge in [0.05, 0.1) is 0 Å². The van der Waals surface area contributed by atoms with E-state index < -0.39 is 10.2 Å². The van der Waals surface area contributed by atoms with Crippen LogP contribution >= 0.6 is 15.9 Å². The maximum absolute atomic E-state index is 12.5. The molecule has 0 aromatic rings. The third-order valence-corrected chi connectivity index (χ3v) is 6.25. The molecule has 0 amide bonds. The molecule has 2 saturated heterocycles. The Labute approximate surface area is 113 Å². The van der Waals surface area contributed by atoms with E-state index >= 15 is 0 Å². The molecular formula is C11H21BrN2O2S. The molecule has 0 radical (unpaired) electrons. The molecule has 4 nitrogen and oxygen atoms in total. The summed E-state index contributed by atoms with van der Waals surface area (Å²) < 4.78 is 28.4. The van der Waals surface area contributed by atoms with Crippen LogP contribution in [-0.2, 0) is 10.2 Å². The van der Waals surface area contributed by atoms with Crippen LogP contribution in [0.3, 0.4) is 0 Å². The maximum atomic E-state index is 12.5. The Kier molecular flexibility index (Phi) is 4.86. The minimum absolute atomic E-state index is 0.203. The third kappa shape index (κ3) is 3.03. The molecule has 0 N–H and O–H groups in total. The second kappa shape index (κ2) is 5.99. The van der Waals surface area contributed by atoms with Gasteiger partial charge < -0.3 is 0 Å². The van der Waals surface area contributed by atoms with Gasteiger partial charge in [0.2, 0.25) is 0 Å². The topological polar surface area (TPSA) is 40.6 Å². The predicted octanol–water partition coefficient (Wildman–Crippen LogP) is 1.97. The van der Waals surface area contributed by atoms with Crippen molar-refractivity contribution in [1.29, 1.82) is 0 Å². The van der Waals surface area contributed by atoms with Crippen molar-refractivity contribution in [3.63, 3.8) is 0 Å². The van der Waals surface area contributed by atoms with Crippen LogP contribution in [0.2, 0.25) is 0 Å². The van der Waals surface area contributed by atoms with Crippen molar-refractivity contribution in [3.8, 4) is 0 Å². The van der Waals surface area contributed by atoms with Gasteiger partial charge in [-0.05, 0) is 32.1 Å². The quantitative estimate of drug-likeness (QED) is 0.742. The van der Waals surface area contributed by atoms with Crippen molar-refractivity contribution in [2.24, 2.45) is 0 Å². The van der Waals surface area contributed by atoms with Crippen LogP contribution in [0.5, 0.6) is 0 Å². The lowest BCUT2D eigenvalue weighted by molar-refractivity contribution is 0.232. The lowest BCUT2D eigenvalue weighted by Gasteiger charge is -2.36. The molecule has 2 aliphatic rings. The molecule has 1 unspecified atom stereocenters. The van der Waals surface area contributed by atoms with Crippen molar-refractivity contribution in [2.75, 3.05) is 25.0 Å². The molecule has 2 aliphatic heterocycles. The van der Waals surface area contributed by atoms with Crippen LogP contribution in [0.25, 0.3) is 0 Å². The summed E-state index contributed by atoms with van der Waals surface area (Å²) in [5, 5.41) is 0.879. The number of alkyl halides is 1. The Bertz CT molecular complexity index is 339. The minimum atomic E-state index is -3.19. The van der Waals surface area contributed by atoms with E-state index in [0.29, 0.717) is 19.6 Å². The fraction of sp³-hybridized carbons (Fsp3) is 1.00. The first-order valence-electron chi connectivity index (χ1n) is 6.49. The summed E-state index contributed by atoms with van der Waals surface area (Å²) in [6, 6.07) is 0.203. The zero-order chi connectivity index (χ0) is 12.3. The molecule has 0 aliphatic carbocycles. The Balaban J connectivity index is 2.11. The largest absolute Gasteiger partial charge is 0.282 e. The van der Waals surface area contributed by atoms with Gasteiger partial charge in [-0.3, -0.25) is 0 Å². The van der Waals surface area contributed by atoms with Crippen LogP contribution in [0.15, 0.2) is 0 Å². The average Bonchev–Trinajstić information content (AvgIpc) is 2.84. The Hall–Kier alpha value is 0.350. The van der Waals surface area contributed by atoms with E-state index in [1.807, 2.05) is 0 Å². The van der Waals surface area contributed by atoms with E-state index in [4.69, 9.17) is 0 Å². The molecule has 0 spiro atoms. The molecule has 2 fully saturated rings. The first-order valence-corrected chi connectivity index (χ1v) is 9.01. The highest BCUT2D eigenvalue weighted by atomic mass is 79.9. The van der Waals surface area contributed by atoms with E-state index in [1.165, 1.54) is 0 Å². The lowest BCUT2D eigenvalue weighted by Crippen LogP contribution is -2.50. The van der Waals surface area contributed by atoms with E-state index in [2.05, 4.69) is 15.9 Å². The van der Waals surface area contributed by atoms with E-state index in [1.54, 1.807) is 8.61 Å². The summed E-state index contributed by atoms with van der Waals surface area (Å²) in [7, 11) is -3.19. The summed E-state index contributed by atoms with van der Waals surface area (Å²) in [5.41, 5.74) is 0. The molecule has 6 heteroatoms. The lowest BCUT2D eigenvalue weighted by atomic mass is 10.0. The van der Waals surface area contributed by atoms with Gasteiger partial charge in [-0.25, -0.2) is 0 Å². The maximum Gasteiger partial charge on any atom is 0.282 e. The van der Waals surface area contributed by atoms with Gasteiger partial charge in [0.25, 0.3) is 10.2 Å². The second-order valence-corrected chi connectivity index (χ2v) is 7.53. The van der Waals surface area contributed by atoms with Gasteiger partial charge in [0, 0.05) is 31.0 Å². The minimum Gasteiger partial charge on any atom is -0.195 e.